The lowest BCUT2D eigenvalue weighted by Crippen LogP contribution is -2.36. The Labute approximate surface area is 165 Å². The molecule has 0 aliphatic rings. The second kappa shape index (κ2) is 19.3. The molecule has 4 heteroatoms. The van der Waals surface area contributed by atoms with Gasteiger partial charge in [0, 0.05) is 6.42 Å². The first-order valence-corrected chi connectivity index (χ1v) is 10.2. The number of unbranched alkanes of at least 4 members (excludes halogenated alkanes) is 4. The minimum atomic E-state index is -1.48. The Hall–Kier alpha value is -1.49. The second-order valence-electron chi connectivity index (χ2n) is 6.64. The molecule has 0 fully saturated rings. The van der Waals surface area contributed by atoms with Crippen LogP contribution in [0, 0.1) is 0 Å². The fourth-order valence-corrected chi connectivity index (χ4v) is 2.42. The Morgan fingerprint density at radius 3 is 1.74 bits per heavy atom. The summed E-state index contributed by atoms with van der Waals surface area (Å²) >= 11 is 0. The third-order valence-electron chi connectivity index (χ3n) is 4.13. The first kappa shape index (κ1) is 25.5. The van der Waals surface area contributed by atoms with Gasteiger partial charge in [0.2, 0.25) is 0 Å². The maximum absolute atomic E-state index is 11.5. The molecule has 0 saturated heterocycles. The minimum Gasteiger partial charge on any atom is -0.394 e. The van der Waals surface area contributed by atoms with Crippen molar-refractivity contribution < 1.29 is 20.1 Å². The summed E-state index contributed by atoms with van der Waals surface area (Å²) in [6.07, 6.45) is 23.8. The number of allylic oxidation sites excluding steroid dienone is 8. The van der Waals surface area contributed by atoms with Crippen LogP contribution < -0.4 is 0 Å². The van der Waals surface area contributed by atoms with Gasteiger partial charge in [0.25, 0.3) is 0 Å². The Balaban J connectivity index is 3.60. The van der Waals surface area contributed by atoms with E-state index in [9.17, 15) is 15.0 Å². The van der Waals surface area contributed by atoms with E-state index >= 15 is 0 Å². The van der Waals surface area contributed by atoms with Gasteiger partial charge < -0.3 is 15.3 Å². The van der Waals surface area contributed by atoms with Crippen molar-refractivity contribution >= 4 is 5.78 Å². The van der Waals surface area contributed by atoms with Crippen molar-refractivity contribution in [2.75, 3.05) is 6.61 Å². The van der Waals surface area contributed by atoms with Gasteiger partial charge in [-0.1, -0.05) is 68.4 Å². The van der Waals surface area contributed by atoms with Gasteiger partial charge in [0.05, 0.1) is 6.61 Å². The summed E-state index contributed by atoms with van der Waals surface area (Å²) in [5.74, 6) is -0.424. The number of Topliss-reactive ketones (excluding diaryl/α,β-unsaturated/α-hetero) is 1. The average Bonchev–Trinajstić information content (AvgIpc) is 2.68. The second-order valence-corrected chi connectivity index (χ2v) is 6.64. The predicted octanol–water partition coefficient (Wildman–Crippen LogP) is 4.42. The molecule has 0 rings (SSSR count). The van der Waals surface area contributed by atoms with E-state index in [1.54, 1.807) is 0 Å². The van der Waals surface area contributed by atoms with Crippen molar-refractivity contribution in [2.45, 2.75) is 83.3 Å². The van der Waals surface area contributed by atoms with E-state index < -0.39 is 24.6 Å². The molecule has 4 nitrogen and oxygen atoms in total. The molecule has 27 heavy (non-hydrogen) atoms. The van der Waals surface area contributed by atoms with E-state index in [1.807, 2.05) is 6.08 Å². The van der Waals surface area contributed by atoms with Crippen molar-refractivity contribution in [3.05, 3.63) is 48.6 Å². The summed E-state index contributed by atoms with van der Waals surface area (Å²) in [4.78, 5) is 11.5. The molecule has 0 aliphatic carbocycles. The highest BCUT2D eigenvalue weighted by Gasteiger charge is 2.22. The summed E-state index contributed by atoms with van der Waals surface area (Å²) in [5, 5.41) is 27.3. The molecule has 2 atom stereocenters. The predicted molar refractivity (Wildman–Crippen MR) is 113 cm³/mol. The number of ketones is 1. The van der Waals surface area contributed by atoms with Crippen LogP contribution in [0.4, 0.5) is 0 Å². The molecule has 0 amide bonds. The molecule has 0 aromatic carbocycles. The lowest BCUT2D eigenvalue weighted by Gasteiger charge is -2.13. The molecule has 0 bridgehead atoms. The number of carbonyl (C=O) groups excluding carboxylic acids is 1. The SMILES string of the molecule is CCCCCC=CCC=CCC=CCC=CCCCC(=O)C(O)C(O)CO. The van der Waals surface area contributed by atoms with Crippen molar-refractivity contribution in [2.24, 2.45) is 0 Å². The molecule has 0 radical (unpaired) electrons. The maximum Gasteiger partial charge on any atom is 0.164 e. The number of aliphatic hydroxyl groups excluding tert-OH is 3. The smallest absolute Gasteiger partial charge is 0.164 e. The molecule has 0 aliphatic heterocycles. The molecule has 0 aromatic heterocycles. The molecule has 3 N–H and O–H groups in total. The number of hydrogen-bond acceptors (Lipinski definition) is 4. The first-order valence-electron chi connectivity index (χ1n) is 10.2. The lowest BCUT2D eigenvalue weighted by molar-refractivity contribution is -0.134. The average molecular weight is 379 g/mol. The maximum atomic E-state index is 11.5. The molecule has 0 aromatic rings. The van der Waals surface area contributed by atoms with Crippen LogP contribution in [0.5, 0.6) is 0 Å². The summed E-state index contributed by atoms with van der Waals surface area (Å²) in [7, 11) is 0. The Morgan fingerprint density at radius 1 is 0.778 bits per heavy atom. The third-order valence-corrected chi connectivity index (χ3v) is 4.13. The highest BCUT2D eigenvalue weighted by Crippen LogP contribution is 2.05. The summed E-state index contributed by atoms with van der Waals surface area (Å²) in [6, 6.07) is 0. The van der Waals surface area contributed by atoms with Gasteiger partial charge in [-0.05, 0) is 44.9 Å². The van der Waals surface area contributed by atoms with E-state index in [2.05, 4.69) is 49.5 Å². The van der Waals surface area contributed by atoms with Crippen LogP contribution in [0.3, 0.4) is 0 Å². The van der Waals surface area contributed by atoms with Crippen molar-refractivity contribution in [1.82, 2.24) is 0 Å². The fourth-order valence-electron chi connectivity index (χ4n) is 2.42. The van der Waals surface area contributed by atoms with Crippen LogP contribution in [0.1, 0.15) is 71.1 Å². The highest BCUT2D eigenvalue weighted by molar-refractivity contribution is 5.83. The van der Waals surface area contributed by atoms with Crippen LogP contribution in [0.2, 0.25) is 0 Å². The zero-order chi connectivity index (χ0) is 20.2. The summed E-state index contributed by atoms with van der Waals surface area (Å²) in [5.41, 5.74) is 0. The largest absolute Gasteiger partial charge is 0.394 e. The van der Waals surface area contributed by atoms with Crippen LogP contribution in [0.25, 0.3) is 0 Å². The molecule has 0 saturated carbocycles. The molecule has 154 valence electrons. The quantitative estimate of drug-likeness (QED) is 0.259. The Morgan fingerprint density at radius 2 is 1.26 bits per heavy atom. The fraction of sp³-hybridized carbons (Fsp3) is 0.609. The summed E-state index contributed by atoms with van der Waals surface area (Å²) in [6.45, 7) is 1.61. The zero-order valence-corrected chi connectivity index (χ0v) is 16.8. The van der Waals surface area contributed by atoms with E-state index in [0.29, 0.717) is 6.42 Å². The highest BCUT2D eigenvalue weighted by atomic mass is 16.4. The standard InChI is InChI=1S/C23H38O4/c1-2-3-4-5-6-7-8-9-10-11-12-13-14-15-16-17-18-19-21(25)23(27)22(26)20-24/h6-7,9-10,12-13,15-16,22-24,26-27H,2-5,8,11,14,17-20H2,1H3. The van der Waals surface area contributed by atoms with Gasteiger partial charge in [-0.25, -0.2) is 0 Å². The first-order chi connectivity index (χ1) is 13.1. The van der Waals surface area contributed by atoms with Crippen LogP contribution in [-0.4, -0.2) is 39.9 Å². The minimum absolute atomic E-state index is 0.205. The van der Waals surface area contributed by atoms with E-state index in [-0.39, 0.29) is 6.42 Å². The van der Waals surface area contributed by atoms with Crippen molar-refractivity contribution in [1.29, 1.82) is 0 Å². The molecule has 0 spiro atoms. The summed E-state index contributed by atoms with van der Waals surface area (Å²) < 4.78 is 0. The van der Waals surface area contributed by atoms with E-state index in [4.69, 9.17) is 5.11 Å². The lowest BCUT2D eigenvalue weighted by atomic mass is 10.0. The van der Waals surface area contributed by atoms with Gasteiger partial charge in [-0.15, -0.1) is 0 Å². The van der Waals surface area contributed by atoms with Crippen LogP contribution in [0.15, 0.2) is 48.6 Å². The Bertz CT molecular complexity index is 463. The normalized spacial score (nSPS) is 14.8. The molecule has 0 heterocycles. The van der Waals surface area contributed by atoms with Crippen LogP contribution >= 0.6 is 0 Å². The number of rotatable bonds is 17. The molecular formula is C23H38O4. The van der Waals surface area contributed by atoms with Gasteiger partial charge in [-0.2, -0.15) is 0 Å². The zero-order valence-electron chi connectivity index (χ0n) is 16.8. The molecular weight excluding hydrogens is 340 g/mol. The topological polar surface area (TPSA) is 77.8 Å². The van der Waals surface area contributed by atoms with Gasteiger partial charge in [0.1, 0.15) is 12.2 Å². The molecule has 2 unspecified atom stereocenters. The number of carbonyl (C=O) groups is 1. The van der Waals surface area contributed by atoms with Crippen molar-refractivity contribution in [3.8, 4) is 0 Å². The Kier molecular flexibility index (Phi) is 18.2. The van der Waals surface area contributed by atoms with E-state index in [1.165, 1.54) is 25.7 Å². The van der Waals surface area contributed by atoms with Crippen molar-refractivity contribution in [3.63, 3.8) is 0 Å². The van der Waals surface area contributed by atoms with Gasteiger partial charge in [0.15, 0.2) is 5.78 Å². The van der Waals surface area contributed by atoms with Crippen LogP contribution in [-0.2, 0) is 4.79 Å². The third kappa shape index (κ3) is 16.4. The number of hydrogen-bond donors (Lipinski definition) is 3. The van der Waals surface area contributed by atoms with Gasteiger partial charge in [-0.3, -0.25) is 4.79 Å². The monoisotopic (exact) mass is 378 g/mol. The van der Waals surface area contributed by atoms with Gasteiger partial charge >= 0.3 is 0 Å². The van der Waals surface area contributed by atoms with E-state index in [0.717, 1.165) is 25.7 Å². The number of aliphatic hydroxyl groups is 3.